The summed E-state index contributed by atoms with van der Waals surface area (Å²) in [6.07, 6.45) is 11.9. The van der Waals surface area contributed by atoms with Gasteiger partial charge in [-0.05, 0) is 69.4 Å². The fourth-order valence-electron chi connectivity index (χ4n) is 8.39. The highest BCUT2D eigenvalue weighted by molar-refractivity contribution is 6.07. The summed E-state index contributed by atoms with van der Waals surface area (Å²) < 4.78 is 14.9. The molecule has 3 aliphatic heterocycles. The number of piperidine rings is 1. The van der Waals surface area contributed by atoms with E-state index in [1.54, 1.807) is 36.2 Å². The highest BCUT2D eigenvalue weighted by Crippen LogP contribution is 2.25. The Balaban J connectivity index is 0.000000613. The fraction of sp³-hybridized carbons (Fsp3) is 0.605. The molecular weight excluding hydrogens is 714 g/mol. The quantitative estimate of drug-likeness (QED) is 0.195. The average molecular weight is 778 g/mol. The fourth-order valence-corrected chi connectivity index (χ4v) is 8.39. The van der Waals surface area contributed by atoms with Crippen LogP contribution in [-0.4, -0.2) is 152 Å². The Bertz CT molecular complexity index is 1600. The number of nitrogens with zero attached hydrogens (tertiary/aromatic N) is 6. The molecule has 0 radical (unpaired) electrons. The number of piperazine rings is 2. The highest BCUT2D eigenvalue weighted by Gasteiger charge is 2.30. The molecule has 13 heteroatoms. The molecule has 1 unspecified atom stereocenters. The second-order valence-electron chi connectivity index (χ2n) is 15.9. The van der Waals surface area contributed by atoms with E-state index in [4.69, 9.17) is 0 Å². The van der Waals surface area contributed by atoms with Crippen LogP contribution in [0.1, 0.15) is 90.1 Å². The van der Waals surface area contributed by atoms with E-state index >= 15 is 0 Å². The van der Waals surface area contributed by atoms with Gasteiger partial charge in [0.2, 0.25) is 5.91 Å². The standard InChI is InChI=1S/C35H48FN7O3.C8H14O.H2O/c1-26-22-41(15-14-39(26)3)23-27-10-12-40(13-11-27)24-34(45)42-16-18-43(19-17-42)35(46)31-20-28(8-9-32(31)36)21-33(38-37-2)30-7-5-4-6-29(30)25-44;9-7-6-8-4-2-1-3-5-8;/h4-9,20,25-27,37H,10-19,21-24H2,1-3H3;7-8H,1-6H2;1H2/b38-33-;;. The lowest BCUT2D eigenvalue weighted by Gasteiger charge is -2.41. The molecule has 3 N–H and O–H groups in total. The third-order valence-electron chi connectivity index (χ3n) is 12.0. The van der Waals surface area contributed by atoms with Gasteiger partial charge in [-0.15, -0.1) is 0 Å². The molecule has 3 saturated heterocycles. The first-order valence-electron chi connectivity index (χ1n) is 20.4. The molecule has 3 heterocycles. The number of amides is 2. The van der Waals surface area contributed by atoms with E-state index in [1.807, 2.05) is 17.0 Å². The van der Waals surface area contributed by atoms with E-state index < -0.39 is 5.82 Å². The molecule has 56 heavy (non-hydrogen) atoms. The van der Waals surface area contributed by atoms with Crippen molar-refractivity contribution in [2.24, 2.45) is 16.9 Å². The van der Waals surface area contributed by atoms with Crippen molar-refractivity contribution < 1.29 is 29.0 Å². The second kappa shape index (κ2) is 22.6. The van der Waals surface area contributed by atoms with Gasteiger partial charge in [-0.1, -0.05) is 62.4 Å². The van der Waals surface area contributed by atoms with Gasteiger partial charge in [0, 0.05) is 89.4 Å². The maximum absolute atomic E-state index is 14.9. The summed E-state index contributed by atoms with van der Waals surface area (Å²) in [4.78, 5) is 59.0. The number of likely N-dealkylation sites (tertiary alicyclic amines) is 1. The predicted molar refractivity (Wildman–Crippen MR) is 219 cm³/mol. The molecule has 1 atom stereocenters. The Morgan fingerprint density at radius 3 is 2.20 bits per heavy atom. The molecule has 6 rings (SSSR count). The van der Waals surface area contributed by atoms with Gasteiger partial charge in [0.25, 0.3) is 5.91 Å². The van der Waals surface area contributed by atoms with Gasteiger partial charge >= 0.3 is 0 Å². The lowest BCUT2D eigenvalue weighted by Crippen LogP contribution is -2.54. The SMILES string of the molecule is CN/N=C(/Cc1ccc(F)c(C(=O)N2CCN(C(=O)CN3CCC(CN4CCN(C)C(C)C4)CC3)CC2)c1)c1ccccc1C=O.O.O=CCC1CCCCC1. The molecule has 0 aromatic heterocycles. The summed E-state index contributed by atoms with van der Waals surface area (Å²) in [5.74, 6) is 0.543. The van der Waals surface area contributed by atoms with Crippen molar-refractivity contribution in [1.82, 2.24) is 29.9 Å². The number of likely N-dealkylation sites (N-methyl/N-ethyl adjacent to an activating group) is 1. The molecule has 2 aromatic carbocycles. The van der Waals surface area contributed by atoms with Crippen LogP contribution in [0, 0.1) is 17.7 Å². The molecule has 2 aromatic rings. The summed E-state index contributed by atoms with van der Waals surface area (Å²) in [7, 11) is 3.87. The van der Waals surface area contributed by atoms with E-state index in [0.29, 0.717) is 73.5 Å². The average Bonchev–Trinajstić information content (AvgIpc) is 3.21. The smallest absolute Gasteiger partial charge is 0.256 e. The van der Waals surface area contributed by atoms with Gasteiger partial charge in [-0.25, -0.2) is 4.39 Å². The summed E-state index contributed by atoms with van der Waals surface area (Å²) in [6.45, 7) is 10.7. The Labute approximate surface area is 332 Å². The van der Waals surface area contributed by atoms with Crippen LogP contribution in [0.25, 0.3) is 0 Å². The molecule has 0 spiro atoms. The third-order valence-corrected chi connectivity index (χ3v) is 12.0. The van der Waals surface area contributed by atoms with Crippen LogP contribution < -0.4 is 5.43 Å². The number of hydrogen-bond donors (Lipinski definition) is 1. The zero-order valence-corrected chi connectivity index (χ0v) is 33.8. The molecule has 4 fully saturated rings. The first-order chi connectivity index (χ1) is 26.7. The van der Waals surface area contributed by atoms with Crippen molar-refractivity contribution in [3.8, 4) is 0 Å². The summed E-state index contributed by atoms with van der Waals surface area (Å²) in [5, 5.41) is 4.36. The number of halogens is 1. The van der Waals surface area contributed by atoms with Gasteiger partial charge < -0.3 is 35.3 Å². The van der Waals surface area contributed by atoms with E-state index in [1.165, 1.54) is 38.2 Å². The van der Waals surface area contributed by atoms with Crippen LogP contribution in [0.5, 0.6) is 0 Å². The van der Waals surface area contributed by atoms with E-state index in [9.17, 15) is 23.6 Å². The topological polar surface area (TPSA) is 140 Å². The van der Waals surface area contributed by atoms with Crippen LogP contribution in [-0.2, 0) is 16.0 Å². The van der Waals surface area contributed by atoms with Crippen LogP contribution in [0.15, 0.2) is 47.6 Å². The molecule has 0 bridgehead atoms. The first-order valence-corrected chi connectivity index (χ1v) is 20.4. The zero-order chi connectivity index (χ0) is 39.2. The molecular formula is C43H64FN7O5. The van der Waals surface area contributed by atoms with E-state index in [0.717, 1.165) is 77.0 Å². The van der Waals surface area contributed by atoms with Gasteiger partial charge in [0.15, 0.2) is 6.29 Å². The Hall–Kier alpha value is -4.04. The minimum Gasteiger partial charge on any atom is -0.412 e. The Kier molecular flexibility index (Phi) is 18.1. The predicted octanol–water partition coefficient (Wildman–Crippen LogP) is 3.77. The first kappa shape index (κ1) is 44.7. The second-order valence-corrected chi connectivity index (χ2v) is 15.9. The number of hydrogen-bond acceptors (Lipinski definition) is 9. The van der Waals surface area contributed by atoms with Gasteiger partial charge in [-0.2, -0.15) is 5.10 Å². The number of carbonyl (C=O) groups excluding carboxylic acids is 4. The lowest BCUT2D eigenvalue weighted by atomic mass is 9.87. The summed E-state index contributed by atoms with van der Waals surface area (Å²) in [5.41, 5.74) is 5.27. The molecule has 1 saturated carbocycles. The zero-order valence-electron chi connectivity index (χ0n) is 33.8. The number of nitrogens with one attached hydrogen (secondary N) is 1. The minimum absolute atomic E-state index is 0. The third kappa shape index (κ3) is 12.7. The number of carbonyl (C=O) groups is 4. The van der Waals surface area contributed by atoms with Crippen molar-refractivity contribution in [2.45, 2.75) is 70.8 Å². The monoisotopic (exact) mass is 777 g/mol. The normalized spacial score (nSPS) is 20.7. The number of benzene rings is 2. The van der Waals surface area contributed by atoms with Gasteiger partial charge in [0.05, 0.1) is 17.8 Å². The molecule has 1 aliphatic carbocycles. The maximum atomic E-state index is 14.9. The summed E-state index contributed by atoms with van der Waals surface area (Å²) in [6, 6.07) is 12.2. The number of rotatable bonds is 12. The maximum Gasteiger partial charge on any atom is 0.256 e. The molecule has 308 valence electrons. The highest BCUT2D eigenvalue weighted by atomic mass is 19.1. The van der Waals surface area contributed by atoms with Crippen molar-refractivity contribution in [2.75, 3.05) is 86.1 Å². The van der Waals surface area contributed by atoms with E-state index in [-0.39, 0.29) is 22.9 Å². The van der Waals surface area contributed by atoms with Crippen LogP contribution in [0.4, 0.5) is 4.39 Å². The van der Waals surface area contributed by atoms with Crippen molar-refractivity contribution >= 4 is 30.1 Å². The van der Waals surface area contributed by atoms with Crippen molar-refractivity contribution in [3.05, 3.63) is 70.5 Å². The molecule has 12 nitrogen and oxygen atoms in total. The van der Waals surface area contributed by atoms with Crippen LogP contribution in [0.2, 0.25) is 0 Å². The van der Waals surface area contributed by atoms with Gasteiger partial charge in [0.1, 0.15) is 12.1 Å². The lowest BCUT2D eigenvalue weighted by molar-refractivity contribution is -0.134. The van der Waals surface area contributed by atoms with E-state index in [2.05, 4.69) is 39.2 Å². The van der Waals surface area contributed by atoms with Crippen molar-refractivity contribution in [1.29, 1.82) is 0 Å². The minimum atomic E-state index is -0.585. The van der Waals surface area contributed by atoms with Crippen molar-refractivity contribution in [3.63, 3.8) is 0 Å². The Morgan fingerprint density at radius 2 is 1.54 bits per heavy atom. The molecule has 2 amide bonds. The largest absolute Gasteiger partial charge is 0.412 e. The number of aldehydes is 2. The number of hydrazone groups is 1. The van der Waals surface area contributed by atoms with Crippen LogP contribution >= 0.6 is 0 Å². The van der Waals surface area contributed by atoms with Crippen LogP contribution in [0.3, 0.4) is 0 Å². The Morgan fingerprint density at radius 1 is 0.839 bits per heavy atom. The summed E-state index contributed by atoms with van der Waals surface area (Å²) >= 11 is 0. The van der Waals surface area contributed by atoms with Gasteiger partial charge in [-0.3, -0.25) is 19.3 Å². The molecule has 4 aliphatic rings.